The van der Waals surface area contributed by atoms with E-state index in [1.54, 1.807) is 23.5 Å². The van der Waals surface area contributed by atoms with Crippen LogP contribution in [0.1, 0.15) is 20.3 Å². The van der Waals surface area contributed by atoms with Crippen LogP contribution in [-0.4, -0.2) is 70.3 Å². The molecule has 2 saturated heterocycles. The van der Waals surface area contributed by atoms with Gasteiger partial charge >= 0.3 is 0 Å². The van der Waals surface area contributed by atoms with E-state index < -0.39 is 0 Å². The summed E-state index contributed by atoms with van der Waals surface area (Å²) in [6.45, 7) is 7.37. The molecular formula is C16H23N5O2. The molecule has 0 spiro atoms. The van der Waals surface area contributed by atoms with Crippen LogP contribution in [0.15, 0.2) is 18.6 Å². The summed E-state index contributed by atoms with van der Waals surface area (Å²) in [5, 5.41) is 0. The molecule has 1 unspecified atom stereocenters. The highest BCUT2D eigenvalue weighted by Crippen LogP contribution is 2.23. The van der Waals surface area contributed by atoms with Crippen LogP contribution in [-0.2, 0) is 9.59 Å². The van der Waals surface area contributed by atoms with Crippen molar-refractivity contribution in [3.8, 4) is 0 Å². The number of amides is 2. The molecule has 7 heteroatoms. The molecule has 0 saturated carbocycles. The van der Waals surface area contributed by atoms with Crippen molar-refractivity contribution in [2.45, 2.75) is 26.3 Å². The summed E-state index contributed by atoms with van der Waals surface area (Å²) in [6.07, 6.45) is 5.42. The Bertz CT molecular complexity index is 569. The SMILES string of the molecule is CC(C)N1CC(C(=O)N2CCN(c3cnccn3)CC2)CC1=O. The number of nitrogens with zero attached hydrogens (tertiary/aromatic N) is 5. The molecule has 0 bridgehead atoms. The van der Waals surface area contributed by atoms with Gasteiger partial charge in [0, 0.05) is 57.6 Å². The second-order valence-electron chi connectivity index (χ2n) is 6.42. The average Bonchev–Trinajstić information content (AvgIpc) is 2.97. The van der Waals surface area contributed by atoms with Crippen molar-refractivity contribution in [1.29, 1.82) is 0 Å². The fraction of sp³-hybridized carbons (Fsp3) is 0.625. The van der Waals surface area contributed by atoms with E-state index in [1.165, 1.54) is 0 Å². The Morgan fingerprint density at radius 3 is 2.52 bits per heavy atom. The molecule has 23 heavy (non-hydrogen) atoms. The van der Waals surface area contributed by atoms with Crippen LogP contribution in [0.25, 0.3) is 0 Å². The molecule has 2 aliphatic heterocycles. The number of piperazine rings is 1. The Morgan fingerprint density at radius 2 is 1.96 bits per heavy atom. The van der Waals surface area contributed by atoms with E-state index in [-0.39, 0.29) is 23.8 Å². The lowest BCUT2D eigenvalue weighted by Gasteiger charge is -2.36. The molecule has 1 aromatic heterocycles. The topological polar surface area (TPSA) is 69.6 Å². The summed E-state index contributed by atoms with van der Waals surface area (Å²) in [6, 6.07) is 0.161. The average molecular weight is 317 g/mol. The summed E-state index contributed by atoms with van der Waals surface area (Å²) in [5.41, 5.74) is 0. The summed E-state index contributed by atoms with van der Waals surface area (Å²) in [7, 11) is 0. The van der Waals surface area contributed by atoms with Gasteiger partial charge < -0.3 is 14.7 Å². The maximum absolute atomic E-state index is 12.7. The zero-order valence-corrected chi connectivity index (χ0v) is 13.7. The molecule has 0 aromatic carbocycles. The second kappa shape index (κ2) is 6.52. The van der Waals surface area contributed by atoms with Gasteiger partial charge in [0.2, 0.25) is 11.8 Å². The predicted molar refractivity (Wildman–Crippen MR) is 85.8 cm³/mol. The zero-order valence-electron chi connectivity index (χ0n) is 13.7. The minimum Gasteiger partial charge on any atom is -0.352 e. The van der Waals surface area contributed by atoms with Gasteiger partial charge in [-0.15, -0.1) is 0 Å². The summed E-state index contributed by atoms with van der Waals surface area (Å²) >= 11 is 0. The van der Waals surface area contributed by atoms with Crippen molar-refractivity contribution in [1.82, 2.24) is 19.8 Å². The van der Waals surface area contributed by atoms with Crippen LogP contribution < -0.4 is 4.90 Å². The van der Waals surface area contributed by atoms with Gasteiger partial charge in [-0.2, -0.15) is 0 Å². The first-order valence-corrected chi connectivity index (χ1v) is 8.15. The number of carbonyl (C=O) groups is 2. The molecule has 1 atom stereocenters. The maximum Gasteiger partial charge on any atom is 0.228 e. The van der Waals surface area contributed by atoms with E-state index in [2.05, 4.69) is 14.9 Å². The third-order valence-electron chi connectivity index (χ3n) is 4.60. The van der Waals surface area contributed by atoms with Crippen molar-refractivity contribution in [2.24, 2.45) is 5.92 Å². The van der Waals surface area contributed by atoms with Crippen molar-refractivity contribution < 1.29 is 9.59 Å². The molecule has 2 fully saturated rings. The highest BCUT2D eigenvalue weighted by Gasteiger charge is 2.38. The fourth-order valence-electron chi connectivity index (χ4n) is 3.26. The number of hydrogen-bond acceptors (Lipinski definition) is 5. The van der Waals surface area contributed by atoms with E-state index in [1.807, 2.05) is 18.7 Å². The largest absolute Gasteiger partial charge is 0.352 e. The molecule has 124 valence electrons. The Morgan fingerprint density at radius 1 is 1.22 bits per heavy atom. The standard InChI is InChI=1S/C16H23N5O2/c1-12(2)21-11-13(9-15(21)22)16(23)20-7-5-19(6-8-20)14-10-17-3-4-18-14/h3-4,10,12-13H,5-9,11H2,1-2H3. The lowest BCUT2D eigenvalue weighted by molar-refractivity contribution is -0.136. The molecule has 0 radical (unpaired) electrons. The molecule has 2 aliphatic rings. The maximum atomic E-state index is 12.7. The number of aromatic nitrogens is 2. The number of anilines is 1. The van der Waals surface area contributed by atoms with Gasteiger partial charge in [-0.1, -0.05) is 0 Å². The normalized spacial score (nSPS) is 22.1. The predicted octanol–water partition coefficient (Wildman–Crippen LogP) is 0.382. The highest BCUT2D eigenvalue weighted by atomic mass is 16.2. The first-order chi connectivity index (χ1) is 11.1. The van der Waals surface area contributed by atoms with Crippen LogP contribution in [0.2, 0.25) is 0 Å². The highest BCUT2D eigenvalue weighted by molar-refractivity contribution is 5.89. The molecule has 2 amide bonds. The van der Waals surface area contributed by atoms with Gasteiger partial charge in [-0.3, -0.25) is 14.6 Å². The van der Waals surface area contributed by atoms with Crippen LogP contribution in [0.4, 0.5) is 5.82 Å². The van der Waals surface area contributed by atoms with E-state index in [9.17, 15) is 9.59 Å². The lowest BCUT2D eigenvalue weighted by Crippen LogP contribution is -2.51. The Hall–Kier alpha value is -2.18. The Balaban J connectivity index is 1.56. The summed E-state index contributed by atoms with van der Waals surface area (Å²) in [4.78, 5) is 38.8. The third kappa shape index (κ3) is 3.28. The lowest BCUT2D eigenvalue weighted by atomic mass is 10.1. The second-order valence-corrected chi connectivity index (χ2v) is 6.42. The summed E-state index contributed by atoms with van der Waals surface area (Å²) in [5.74, 6) is 0.867. The van der Waals surface area contributed by atoms with Crippen molar-refractivity contribution in [3.63, 3.8) is 0 Å². The van der Waals surface area contributed by atoms with E-state index in [0.29, 0.717) is 26.1 Å². The third-order valence-corrected chi connectivity index (χ3v) is 4.60. The Kier molecular flexibility index (Phi) is 4.45. The molecule has 1 aromatic rings. The first kappa shape index (κ1) is 15.7. The quantitative estimate of drug-likeness (QED) is 0.806. The van der Waals surface area contributed by atoms with Crippen LogP contribution in [0, 0.1) is 5.92 Å². The van der Waals surface area contributed by atoms with Gasteiger partial charge in [-0.25, -0.2) is 4.98 Å². The van der Waals surface area contributed by atoms with Gasteiger partial charge in [0.15, 0.2) is 0 Å². The monoisotopic (exact) mass is 317 g/mol. The van der Waals surface area contributed by atoms with Crippen molar-refractivity contribution in [3.05, 3.63) is 18.6 Å². The van der Waals surface area contributed by atoms with E-state index in [0.717, 1.165) is 18.9 Å². The van der Waals surface area contributed by atoms with Crippen LogP contribution in [0.5, 0.6) is 0 Å². The molecule has 0 N–H and O–H groups in total. The van der Waals surface area contributed by atoms with Crippen molar-refractivity contribution in [2.75, 3.05) is 37.6 Å². The van der Waals surface area contributed by atoms with Gasteiger partial charge in [0.05, 0.1) is 12.1 Å². The van der Waals surface area contributed by atoms with Crippen LogP contribution >= 0.6 is 0 Å². The molecule has 3 rings (SSSR count). The van der Waals surface area contributed by atoms with E-state index >= 15 is 0 Å². The van der Waals surface area contributed by atoms with Crippen LogP contribution in [0.3, 0.4) is 0 Å². The van der Waals surface area contributed by atoms with E-state index in [4.69, 9.17) is 0 Å². The minimum absolute atomic E-state index is 0.0940. The summed E-state index contributed by atoms with van der Waals surface area (Å²) < 4.78 is 0. The molecule has 3 heterocycles. The molecular weight excluding hydrogens is 294 g/mol. The Labute approximate surface area is 136 Å². The first-order valence-electron chi connectivity index (χ1n) is 8.15. The van der Waals surface area contributed by atoms with Gasteiger partial charge in [-0.05, 0) is 13.8 Å². The zero-order chi connectivity index (χ0) is 16.4. The smallest absolute Gasteiger partial charge is 0.228 e. The number of carbonyl (C=O) groups excluding carboxylic acids is 2. The number of rotatable bonds is 3. The van der Waals surface area contributed by atoms with Gasteiger partial charge in [0.25, 0.3) is 0 Å². The van der Waals surface area contributed by atoms with Crippen molar-refractivity contribution >= 4 is 17.6 Å². The number of likely N-dealkylation sites (tertiary alicyclic amines) is 1. The fourth-order valence-corrected chi connectivity index (χ4v) is 3.26. The number of hydrogen-bond donors (Lipinski definition) is 0. The molecule has 0 aliphatic carbocycles. The van der Waals surface area contributed by atoms with Gasteiger partial charge in [0.1, 0.15) is 5.82 Å². The minimum atomic E-state index is -0.187. The molecule has 7 nitrogen and oxygen atoms in total.